The third kappa shape index (κ3) is 6.93. The maximum atomic E-state index is 10.8. The molecule has 4 aromatic heterocycles. The van der Waals surface area contributed by atoms with Gasteiger partial charge in [0.05, 0.1) is 5.69 Å². The van der Waals surface area contributed by atoms with Crippen molar-refractivity contribution in [1.82, 2.24) is 9.97 Å². The number of pyridine rings is 2. The van der Waals surface area contributed by atoms with Crippen molar-refractivity contribution in [2.45, 2.75) is 6.92 Å². The standard InChI is InChI=1S/C55H35N2O3.Pt/c1-34-28-41(32-47(56-34)37-18-12-19-38(29-37)48-30-40(35-14-4-2-5-15-35)31-49(57-48)45-20-8-10-24-50(45)58)54-53(46-21-9-11-25-51(46)59-54)39-26-27-43-44-23-13-22-42(36-16-6-3-7-17-36)55(44)60-52(43)33-39;/h2-28,30-33,58H,1H3;/q-1;. The number of fused-ring (bicyclic) bond motifs is 4. The predicted octanol–water partition coefficient (Wildman–Crippen LogP) is 14.6. The second-order valence-corrected chi connectivity index (χ2v) is 15.0. The van der Waals surface area contributed by atoms with Crippen molar-refractivity contribution in [1.29, 1.82) is 0 Å². The van der Waals surface area contributed by atoms with Gasteiger partial charge in [-0.1, -0.05) is 139 Å². The number of rotatable bonds is 7. The van der Waals surface area contributed by atoms with Gasteiger partial charge in [0.1, 0.15) is 28.3 Å². The third-order valence-corrected chi connectivity index (χ3v) is 11.1. The van der Waals surface area contributed by atoms with Gasteiger partial charge in [-0.2, -0.15) is 0 Å². The summed E-state index contributed by atoms with van der Waals surface area (Å²) in [5.41, 5.74) is 14.9. The average molecular weight is 967 g/mol. The second-order valence-electron chi connectivity index (χ2n) is 15.0. The van der Waals surface area contributed by atoms with Crippen molar-refractivity contribution in [3.8, 4) is 84.2 Å². The van der Waals surface area contributed by atoms with Gasteiger partial charge in [0.25, 0.3) is 0 Å². The number of nitrogens with zero attached hydrogens (tertiary/aromatic N) is 2. The van der Waals surface area contributed by atoms with Gasteiger partial charge in [-0.3, -0.25) is 9.97 Å². The molecule has 1 N–H and O–H groups in total. The minimum Gasteiger partial charge on any atom is -0.507 e. The van der Waals surface area contributed by atoms with Crippen LogP contribution in [0.5, 0.6) is 5.75 Å². The number of benzene rings is 7. The minimum absolute atomic E-state index is 0. The van der Waals surface area contributed by atoms with Crippen LogP contribution in [0.3, 0.4) is 0 Å². The first-order chi connectivity index (χ1) is 29.5. The van der Waals surface area contributed by atoms with Crippen molar-refractivity contribution in [3.63, 3.8) is 0 Å². The molecule has 0 atom stereocenters. The smallest absolute Gasteiger partial charge is 0.143 e. The van der Waals surface area contributed by atoms with Crippen LogP contribution in [0, 0.1) is 13.0 Å². The molecule has 11 aromatic rings. The molecule has 0 aliphatic carbocycles. The summed E-state index contributed by atoms with van der Waals surface area (Å²) in [6, 6.07) is 66.8. The normalized spacial score (nSPS) is 11.3. The Bertz CT molecular complexity index is 3410. The summed E-state index contributed by atoms with van der Waals surface area (Å²) >= 11 is 0. The van der Waals surface area contributed by atoms with Gasteiger partial charge in [-0.25, -0.2) is 0 Å². The molecule has 0 bridgehead atoms. The summed E-state index contributed by atoms with van der Waals surface area (Å²) in [5.74, 6) is 0.930. The van der Waals surface area contributed by atoms with Crippen molar-refractivity contribution in [3.05, 3.63) is 200 Å². The number of hydrogen-bond acceptors (Lipinski definition) is 5. The number of phenolic OH excluding ortho intramolecular Hbond substituents is 1. The molecule has 5 nitrogen and oxygen atoms in total. The maximum Gasteiger partial charge on any atom is 0.143 e. The Hall–Kier alpha value is -7.33. The molecule has 0 fully saturated rings. The van der Waals surface area contributed by atoms with E-state index >= 15 is 0 Å². The Balaban J connectivity index is 0.00000445. The van der Waals surface area contributed by atoms with Gasteiger partial charge in [0.15, 0.2) is 0 Å². The molecule has 11 rings (SSSR count). The van der Waals surface area contributed by atoms with Crippen LogP contribution in [-0.2, 0) is 21.1 Å². The zero-order chi connectivity index (χ0) is 40.2. The Morgan fingerprint density at radius 1 is 0.443 bits per heavy atom. The topological polar surface area (TPSA) is 72.3 Å². The van der Waals surface area contributed by atoms with Gasteiger partial charge < -0.3 is 13.9 Å². The van der Waals surface area contributed by atoms with Gasteiger partial charge in [-0.05, 0) is 71.6 Å². The van der Waals surface area contributed by atoms with E-state index in [1.165, 1.54) is 0 Å². The van der Waals surface area contributed by atoms with Gasteiger partial charge in [-0.15, -0.1) is 24.3 Å². The SMILES string of the molecule is Cc1cc(-c2oc3ccccc3c2-c2ccc3c(c2)oc2c(-c4ccccc4)cccc23)cc(-c2[c-]c(-c3cc(-c4ccccc4)cc(-c4ccccc4O)n3)ccc2)n1.[Pt]. The molecule has 0 saturated carbocycles. The van der Waals surface area contributed by atoms with Crippen molar-refractivity contribution < 1.29 is 35.0 Å². The van der Waals surface area contributed by atoms with Crippen LogP contribution >= 0.6 is 0 Å². The molecule has 0 aliphatic rings. The van der Waals surface area contributed by atoms with Crippen molar-refractivity contribution in [2.75, 3.05) is 0 Å². The molecule has 4 heterocycles. The zero-order valence-electron chi connectivity index (χ0n) is 32.9. The Labute approximate surface area is 366 Å². The van der Waals surface area contributed by atoms with E-state index < -0.39 is 0 Å². The molecule has 0 saturated heterocycles. The Morgan fingerprint density at radius 3 is 1.89 bits per heavy atom. The number of hydrogen-bond donors (Lipinski definition) is 1. The summed E-state index contributed by atoms with van der Waals surface area (Å²) in [6.45, 7) is 2.01. The molecule has 294 valence electrons. The van der Waals surface area contributed by atoms with Crippen LogP contribution in [0.25, 0.3) is 111 Å². The first-order valence-electron chi connectivity index (χ1n) is 19.9. The van der Waals surface area contributed by atoms with E-state index in [1.54, 1.807) is 6.07 Å². The van der Waals surface area contributed by atoms with Crippen LogP contribution in [0.4, 0.5) is 0 Å². The number of furan rings is 2. The van der Waals surface area contributed by atoms with Crippen LogP contribution < -0.4 is 0 Å². The van der Waals surface area contributed by atoms with Crippen LogP contribution in [0.2, 0.25) is 0 Å². The largest absolute Gasteiger partial charge is 0.507 e. The van der Waals surface area contributed by atoms with Crippen molar-refractivity contribution in [2.24, 2.45) is 0 Å². The number of aromatic nitrogens is 2. The van der Waals surface area contributed by atoms with Crippen LogP contribution in [0.15, 0.2) is 197 Å². The van der Waals surface area contributed by atoms with E-state index in [1.807, 2.05) is 91.9 Å². The van der Waals surface area contributed by atoms with Crippen LogP contribution in [0.1, 0.15) is 5.69 Å². The summed E-state index contributed by atoms with van der Waals surface area (Å²) < 4.78 is 13.4. The van der Waals surface area contributed by atoms with E-state index in [0.29, 0.717) is 11.3 Å². The Morgan fingerprint density at radius 2 is 1.08 bits per heavy atom. The van der Waals surface area contributed by atoms with Gasteiger partial charge in [0, 0.05) is 76.6 Å². The molecule has 7 aromatic carbocycles. The molecule has 0 radical (unpaired) electrons. The monoisotopic (exact) mass is 966 g/mol. The first-order valence-corrected chi connectivity index (χ1v) is 19.9. The average Bonchev–Trinajstić information content (AvgIpc) is 3.88. The van der Waals surface area contributed by atoms with E-state index in [2.05, 4.69) is 103 Å². The summed E-state index contributed by atoms with van der Waals surface area (Å²) in [7, 11) is 0. The molecule has 0 spiro atoms. The number of aromatic hydroxyl groups is 1. The van der Waals surface area contributed by atoms with Crippen LogP contribution in [-0.4, -0.2) is 15.1 Å². The minimum atomic E-state index is 0. The Kier molecular flexibility index (Phi) is 9.75. The molecular formula is C55H35N2O3Pt-. The molecular weight excluding hydrogens is 932 g/mol. The molecule has 6 heteroatoms. The van der Waals surface area contributed by atoms with Gasteiger partial charge in [0.2, 0.25) is 0 Å². The molecule has 61 heavy (non-hydrogen) atoms. The fourth-order valence-corrected chi connectivity index (χ4v) is 8.33. The van der Waals surface area contributed by atoms with E-state index in [9.17, 15) is 5.11 Å². The fourth-order valence-electron chi connectivity index (χ4n) is 8.33. The number of para-hydroxylation sites is 3. The maximum absolute atomic E-state index is 10.8. The summed E-state index contributed by atoms with van der Waals surface area (Å²) in [5, 5.41) is 14.0. The number of aryl methyl sites for hydroxylation is 1. The fraction of sp³-hybridized carbons (Fsp3) is 0.0182. The molecule has 0 unspecified atom stereocenters. The second kappa shape index (κ2) is 15.7. The van der Waals surface area contributed by atoms with E-state index in [4.69, 9.17) is 18.8 Å². The quantitative estimate of drug-likeness (QED) is 0.161. The summed E-state index contributed by atoms with van der Waals surface area (Å²) in [6.07, 6.45) is 0. The predicted molar refractivity (Wildman–Crippen MR) is 242 cm³/mol. The number of phenols is 1. The molecule has 0 aliphatic heterocycles. The van der Waals surface area contributed by atoms with E-state index in [-0.39, 0.29) is 26.8 Å². The van der Waals surface area contributed by atoms with E-state index in [0.717, 1.165) is 106 Å². The third-order valence-electron chi connectivity index (χ3n) is 11.1. The summed E-state index contributed by atoms with van der Waals surface area (Å²) in [4.78, 5) is 10.1. The van der Waals surface area contributed by atoms with Gasteiger partial charge >= 0.3 is 0 Å². The molecule has 0 amide bonds. The van der Waals surface area contributed by atoms with Crippen molar-refractivity contribution >= 4 is 32.9 Å². The first kappa shape index (κ1) is 37.9. The zero-order valence-corrected chi connectivity index (χ0v) is 35.1.